The Morgan fingerprint density at radius 2 is 0.560 bits per heavy atom. The summed E-state index contributed by atoms with van der Waals surface area (Å²) < 4.78 is 0. The van der Waals surface area contributed by atoms with Gasteiger partial charge in [-0.25, -0.2) is 0 Å². The maximum Gasteiger partial charge on any atom is 0.154 e. The van der Waals surface area contributed by atoms with Gasteiger partial charge in [-0.05, 0) is 7.92 Å². The molecule has 0 aromatic heterocycles. The van der Waals surface area contributed by atoms with Gasteiger partial charge in [0.25, 0.3) is 0 Å². The van der Waals surface area contributed by atoms with Crippen LogP contribution in [-0.2, 0) is 42.1 Å². The summed E-state index contributed by atoms with van der Waals surface area (Å²) in [6.07, 6.45) is 0. The third kappa shape index (κ3) is 144. The van der Waals surface area contributed by atoms with Crippen molar-refractivity contribution in [3.63, 3.8) is 0 Å². The van der Waals surface area contributed by atoms with Gasteiger partial charge < -0.3 is 31.1 Å². The Balaban J connectivity index is -0.0000000254. The van der Waals surface area contributed by atoms with E-state index in [1.165, 1.54) is 0 Å². The van der Waals surface area contributed by atoms with Crippen LogP contribution in [0.1, 0.15) is 0 Å². The predicted octanol–water partition coefficient (Wildman–Crippen LogP) is 5.51. The van der Waals surface area contributed by atoms with Crippen molar-refractivity contribution >= 4 is 39.6 Å². The molecule has 0 aromatic rings. The molecule has 0 aliphatic rings. The molecule has 0 saturated heterocycles. The van der Waals surface area contributed by atoms with Crippen molar-refractivity contribution in [3.8, 4) is 0 Å². The fourth-order valence-electron chi connectivity index (χ4n) is 1.41. The zero-order valence-electron chi connectivity index (χ0n) is 18.4. The first-order valence-electron chi connectivity index (χ1n) is 7.36. The summed E-state index contributed by atoms with van der Waals surface area (Å²) in [4.78, 5) is 0. The maximum absolute atomic E-state index is 6.25. The number of nitrogens with zero attached hydrogens (tertiary/aromatic N) is 2. The molecule has 2 nitrogen and oxygen atoms in total. The van der Waals surface area contributed by atoms with Crippen LogP contribution in [0.15, 0.2) is 0 Å². The topological polar surface area (TPSA) is 47.6 Å². The Kier molecular flexibility index (Phi) is 92.1. The standard InChI is InChI=1S/2C5H14P2.C3H9P.2CN.CH3.2Pt/c2*1-6(2)5-7(3)4;1-4(2)3;2*1-2;;;/h2*5H2,1-4H3;1-3H3;;;1H3;;/q;;;3*-1;;/p+5. The molecular formula is C16H45N2P5Pt2+2. The Morgan fingerprint density at radius 3 is 0.560 bits per heavy atom. The third-order valence-electron chi connectivity index (χ3n) is 1.41. The molecular weight excluding hydrogens is 765 g/mol. The van der Waals surface area contributed by atoms with E-state index in [2.05, 4.69) is 73.3 Å². The van der Waals surface area contributed by atoms with Crippen LogP contribution in [0, 0.1) is 31.1 Å². The summed E-state index contributed by atoms with van der Waals surface area (Å²) in [5.41, 5.74) is 0. The molecule has 0 fully saturated rings. The molecule has 0 N–H and O–H groups in total. The molecule has 0 rings (SSSR count). The zero-order valence-corrected chi connectivity index (χ0v) is 28.0. The molecule has 0 unspecified atom stereocenters. The van der Waals surface area contributed by atoms with Gasteiger partial charge in [0.15, 0.2) is 11.8 Å². The number of hydrogen-bond acceptors (Lipinski definition) is 2. The minimum absolute atomic E-state index is 0. The summed E-state index contributed by atoms with van der Waals surface area (Å²) in [5.74, 6) is 3.13. The summed E-state index contributed by atoms with van der Waals surface area (Å²) in [6, 6.07) is 0. The van der Waals surface area contributed by atoms with Crippen molar-refractivity contribution in [2.75, 3.05) is 85.1 Å². The molecule has 0 aromatic carbocycles. The molecule has 0 heterocycles. The fourth-order valence-corrected chi connectivity index (χ4v) is 12.7. The summed E-state index contributed by atoms with van der Waals surface area (Å²) >= 11 is 0. The van der Waals surface area contributed by atoms with Gasteiger partial charge >= 0.3 is 0 Å². The average molecular weight is 811 g/mol. The second kappa shape index (κ2) is 45.3. The fraction of sp³-hybridized carbons (Fsp3) is 0.812. The van der Waals surface area contributed by atoms with E-state index in [0.717, 1.165) is 0 Å². The van der Waals surface area contributed by atoms with Crippen LogP contribution in [0.2, 0.25) is 0 Å². The molecule has 0 saturated carbocycles. The Morgan fingerprint density at radius 1 is 0.480 bits per heavy atom. The molecule has 0 radical (unpaired) electrons. The quantitative estimate of drug-likeness (QED) is 0.278. The van der Waals surface area contributed by atoms with Crippen molar-refractivity contribution < 1.29 is 42.1 Å². The Labute approximate surface area is 196 Å². The van der Waals surface area contributed by atoms with E-state index < -0.39 is 0 Å². The summed E-state index contributed by atoms with van der Waals surface area (Å²) in [7, 11) is 0.565. The minimum Gasteiger partial charge on any atom is -0.512 e. The van der Waals surface area contributed by atoms with Crippen molar-refractivity contribution in [3.05, 3.63) is 20.6 Å². The zero-order chi connectivity index (χ0) is 19.3. The van der Waals surface area contributed by atoms with Gasteiger partial charge in [0.05, 0.1) is 0 Å². The predicted molar refractivity (Wildman–Crippen MR) is 133 cm³/mol. The van der Waals surface area contributed by atoms with Gasteiger partial charge in [-0.2, -0.15) is 0 Å². The van der Waals surface area contributed by atoms with Gasteiger partial charge in [-0.3, -0.25) is 0 Å². The molecule has 0 atom stereocenters. The third-order valence-corrected chi connectivity index (χ3v) is 12.7. The Bertz CT molecular complexity index is 190. The second-order valence-electron chi connectivity index (χ2n) is 6.68. The largest absolute Gasteiger partial charge is 0.512 e. The molecule has 0 bridgehead atoms. The van der Waals surface area contributed by atoms with E-state index in [9.17, 15) is 0 Å². The molecule has 0 aliphatic carbocycles. The van der Waals surface area contributed by atoms with Gasteiger partial charge in [0, 0.05) is 147 Å². The van der Waals surface area contributed by atoms with E-state index in [-0.39, 0.29) is 89.2 Å². The normalized spacial score (nSPS) is 7.84. The summed E-state index contributed by atoms with van der Waals surface area (Å²) in [6.45, 7) is 35.4. The van der Waals surface area contributed by atoms with Crippen LogP contribution in [0.5, 0.6) is 0 Å². The van der Waals surface area contributed by atoms with E-state index in [4.69, 9.17) is 23.7 Å². The van der Waals surface area contributed by atoms with Crippen LogP contribution in [0.4, 0.5) is 0 Å². The second-order valence-corrected chi connectivity index (χ2v) is 22.2. The first kappa shape index (κ1) is 50.8. The molecule has 9 heteroatoms. The minimum atomic E-state index is 0. The monoisotopic (exact) mass is 810 g/mol. The van der Waals surface area contributed by atoms with E-state index in [1.54, 1.807) is 11.8 Å². The molecule has 0 spiro atoms. The summed E-state index contributed by atoms with van der Waals surface area (Å²) in [5, 5.41) is 12.5. The van der Waals surface area contributed by atoms with Crippen molar-refractivity contribution in [1.29, 1.82) is 10.5 Å². The van der Waals surface area contributed by atoms with Crippen molar-refractivity contribution in [2.24, 2.45) is 0 Å². The van der Waals surface area contributed by atoms with Crippen molar-refractivity contribution in [1.82, 2.24) is 0 Å². The average Bonchev–Trinajstić information content (AvgIpc) is 2.30. The first-order valence-corrected chi connectivity index (χ1v) is 21.2. The van der Waals surface area contributed by atoms with Gasteiger partial charge in [-0.1, -0.05) is 0 Å². The van der Waals surface area contributed by atoms with Crippen LogP contribution in [0.3, 0.4) is 0 Å². The van der Waals surface area contributed by atoms with Crippen LogP contribution < -0.4 is 0 Å². The van der Waals surface area contributed by atoms with Gasteiger partial charge in [0.2, 0.25) is 0 Å². The van der Waals surface area contributed by atoms with Crippen LogP contribution in [-0.4, -0.2) is 85.1 Å². The SMILES string of the molecule is C[PH+](C)C.C[PH+](C)C[PH+](C)C.C[PH+](C)C[PH+](C)C.[C-]#N.[C-]#N.[CH3-].[Pt].[Pt]. The molecule has 0 aliphatic heterocycles. The maximum atomic E-state index is 6.25. The number of hydrogen-bond donors (Lipinski definition) is 0. The van der Waals surface area contributed by atoms with E-state index >= 15 is 0 Å². The van der Waals surface area contributed by atoms with Crippen LogP contribution >= 0.6 is 39.6 Å². The molecule has 0 amide bonds. The first-order chi connectivity index (χ1) is 9.98. The van der Waals surface area contributed by atoms with Gasteiger partial charge in [0.1, 0.15) is 0 Å². The van der Waals surface area contributed by atoms with Crippen LogP contribution in [0.25, 0.3) is 0 Å². The Hall–Kier alpha value is 2.51. The van der Waals surface area contributed by atoms with E-state index in [0.29, 0.717) is 0 Å². The van der Waals surface area contributed by atoms with E-state index in [1.807, 2.05) is 0 Å². The molecule has 25 heavy (non-hydrogen) atoms. The van der Waals surface area contributed by atoms with Gasteiger partial charge in [-0.15, -0.1) is 0 Å². The molecule has 162 valence electrons. The number of rotatable bonds is 4. The smallest absolute Gasteiger partial charge is 0.154 e. The van der Waals surface area contributed by atoms with Crippen molar-refractivity contribution in [2.45, 2.75) is 0 Å².